The zero-order valence-electron chi connectivity index (χ0n) is 14.5. The normalized spacial score (nSPS) is 22.9. The predicted molar refractivity (Wildman–Crippen MR) is 90.0 cm³/mol. The molecule has 1 heterocycles. The van der Waals surface area contributed by atoms with Crippen molar-refractivity contribution in [2.24, 2.45) is 17.1 Å². The molecule has 120 valence electrons. The molecule has 2 N–H and O–H groups in total. The molecule has 0 radical (unpaired) electrons. The maximum Gasteiger partial charge on any atom is 0.00951 e. The van der Waals surface area contributed by atoms with Gasteiger partial charge in [0.2, 0.25) is 0 Å². The first-order chi connectivity index (χ1) is 9.49. The van der Waals surface area contributed by atoms with E-state index in [0.717, 1.165) is 18.5 Å². The molecule has 0 aromatic rings. The molecule has 0 aromatic heterocycles. The summed E-state index contributed by atoms with van der Waals surface area (Å²) in [6, 6.07) is 0.872. The van der Waals surface area contributed by atoms with Gasteiger partial charge in [-0.3, -0.25) is 0 Å². The van der Waals surface area contributed by atoms with Crippen molar-refractivity contribution < 1.29 is 0 Å². The molecule has 1 fully saturated rings. The lowest BCUT2D eigenvalue weighted by atomic mass is 9.76. The van der Waals surface area contributed by atoms with E-state index in [1.165, 1.54) is 64.5 Å². The van der Waals surface area contributed by atoms with Crippen molar-refractivity contribution in [1.29, 1.82) is 0 Å². The van der Waals surface area contributed by atoms with Gasteiger partial charge in [0, 0.05) is 6.04 Å². The Bertz CT molecular complexity index is 242. The van der Waals surface area contributed by atoms with Gasteiger partial charge in [0.25, 0.3) is 0 Å². The highest BCUT2D eigenvalue weighted by atomic mass is 15.2. The molecule has 2 atom stereocenters. The minimum Gasteiger partial charge on any atom is -0.330 e. The Morgan fingerprint density at radius 2 is 1.95 bits per heavy atom. The summed E-state index contributed by atoms with van der Waals surface area (Å²) >= 11 is 0. The minimum absolute atomic E-state index is 0.407. The molecule has 0 saturated carbocycles. The van der Waals surface area contributed by atoms with Crippen molar-refractivity contribution in [1.82, 2.24) is 4.90 Å². The fourth-order valence-corrected chi connectivity index (χ4v) is 3.77. The van der Waals surface area contributed by atoms with Gasteiger partial charge in [0.1, 0.15) is 0 Å². The molecule has 0 amide bonds. The van der Waals surface area contributed by atoms with Gasteiger partial charge in [-0.15, -0.1) is 0 Å². The summed E-state index contributed by atoms with van der Waals surface area (Å²) in [6.45, 7) is 12.9. The van der Waals surface area contributed by atoms with Crippen molar-refractivity contribution in [2.45, 2.75) is 85.1 Å². The summed E-state index contributed by atoms with van der Waals surface area (Å²) in [4.78, 5) is 2.77. The Kier molecular flexibility index (Phi) is 8.13. The Balaban J connectivity index is 2.36. The molecule has 1 aliphatic heterocycles. The van der Waals surface area contributed by atoms with Crippen LogP contribution in [0.4, 0.5) is 0 Å². The summed E-state index contributed by atoms with van der Waals surface area (Å²) in [5.41, 5.74) is 6.20. The molecule has 2 unspecified atom stereocenters. The van der Waals surface area contributed by atoms with Gasteiger partial charge >= 0.3 is 0 Å². The molecule has 1 aliphatic rings. The van der Waals surface area contributed by atoms with E-state index >= 15 is 0 Å². The maximum absolute atomic E-state index is 5.79. The largest absolute Gasteiger partial charge is 0.330 e. The van der Waals surface area contributed by atoms with Gasteiger partial charge in [-0.05, 0) is 69.5 Å². The summed E-state index contributed by atoms with van der Waals surface area (Å²) in [6.07, 6.45) is 10.9. The van der Waals surface area contributed by atoms with E-state index < -0.39 is 0 Å². The van der Waals surface area contributed by atoms with Gasteiger partial charge in [-0.2, -0.15) is 0 Å². The molecule has 1 rings (SSSR count). The van der Waals surface area contributed by atoms with Crippen LogP contribution in [0.1, 0.15) is 79.1 Å². The number of hydrogen-bond donors (Lipinski definition) is 1. The fourth-order valence-electron chi connectivity index (χ4n) is 3.77. The quantitative estimate of drug-likeness (QED) is 0.713. The highest BCUT2D eigenvalue weighted by molar-refractivity contribution is 4.79. The second-order valence-electron chi connectivity index (χ2n) is 7.76. The van der Waals surface area contributed by atoms with E-state index in [0.29, 0.717) is 5.41 Å². The van der Waals surface area contributed by atoms with E-state index in [2.05, 4.69) is 32.6 Å². The van der Waals surface area contributed by atoms with Gasteiger partial charge in [0.05, 0.1) is 0 Å². The lowest BCUT2D eigenvalue weighted by Crippen LogP contribution is -2.40. The first-order valence-electron chi connectivity index (χ1n) is 8.93. The van der Waals surface area contributed by atoms with Crippen LogP contribution in [-0.2, 0) is 0 Å². The van der Waals surface area contributed by atoms with Crippen LogP contribution in [-0.4, -0.2) is 30.6 Å². The molecule has 0 bridgehead atoms. The van der Waals surface area contributed by atoms with Crippen molar-refractivity contribution in [2.75, 3.05) is 19.6 Å². The standard InChI is InChI=1S/C18H38N2/c1-5-9-17-11-6-7-14-20(17)15-8-10-16(12-13-19)18(2,3)4/h16-17H,5-15,19H2,1-4H3. The molecule has 2 heteroatoms. The summed E-state index contributed by atoms with van der Waals surface area (Å²) in [5, 5.41) is 0. The fraction of sp³-hybridized carbons (Fsp3) is 1.00. The van der Waals surface area contributed by atoms with Gasteiger partial charge < -0.3 is 10.6 Å². The third kappa shape index (κ3) is 6.13. The van der Waals surface area contributed by atoms with Gasteiger partial charge in [-0.25, -0.2) is 0 Å². The van der Waals surface area contributed by atoms with Crippen molar-refractivity contribution in [3.05, 3.63) is 0 Å². The smallest absolute Gasteiger partial charge is 0.00951 e. The number of rotatable bonds is 8. The molecule has 2 nitrogen and oxygen atoms in total. The molecular formula is C18H38N2. The monoisotopic (exact) mass is 282 g/mol. The first kappa shape index (κ1) is 18.0. The highest BCUT2D eigenvalue weighted by Gasteiger charge is 2.25. The molecule has 0 aromatic carbocycles. The number of nitrogens with zero attached hydrogens (tertiary/aromatic N) is 1. The van der Waals surface area contributed by atoms with Crippen molar-refractivity contribution in [3.63, 3.8) is 0 Å². The summed E-state index contributed by atoms with van der Waals surface area (Å²) in [5.74, 6) is 0.780. The van der Waals surface area contributed by atoms with E-state index in [-0.39, 0.29) is 0 Å². The minimum atomic E-state index is 0.407. The maximum atomic E-state index is 5.79. The Morgan fingerprint density at radius 1 is 1.20 bits per heavy atom. The van der Waals surface area contributed by atoms with Crippen LogP contribution in [0.2, 0.25) is 0 Å². The van der Waals surface area contributed by atoms with E-state index in [1.54, 1.807) is 0 Å². The number of hydrogen-bond acceptors (Lipinski definition) is 2. The van der Waals surface area contributed by atoms with Crippen LogP contribution in [0, 0.1) is 11.3 Å². The molecule has 1 saturated heterocycles. The van der Waals surface area contributed by atoms with Crippen LogP contribution in [0.3, 0.4) is 0 Å². The van der Waals surface area contributed by atoms with Crippen LogP contribution < -0.4 is 5.73 Å². The Labute approximate surface area is 127 Å². The average Bonchev–Trinajstić information content (AvgIpc) is 2.39. The van der Waals surface area contributed by atoms with E-state index in [9.17, 15) is 0 Å². The second kappa shape index (κ2) is 9.04. The van der Waals surface area contributed by atoms with Crippen LogP contribution >= 0.6 is 0 Å². The van der Waals surface area contributed by atoms with Crippen LogP contribution in [0.25, 0.3) is 0 Å². The van der Waals surface area contributed by atoms with E-state index in [4.69, 9.17) is 5.73 Å². The predicted octanol–water partition coefficient (Wildman–Crippen LogP) is 4.43. The number of nitrogens with two attached hydrogens (primary N) is 1. The molecule has 0 aliphatic carbocycles. The van der Waals surface area contributed by atoms with E-state index in [1.807, 2.05) is 0 Å². The lowest BCUT2D eigenvalue weighted by Gasteiger charge is -2.37. The van der Waals surface area contributed by atoms with Crippen LogP contribution in [0.5, 0.6) is 0 Å². The second-order valence-corrected chi connectivity index (χ2v) is 7.76. The van der Waals surface area contributed by atoms with Crippen molar-refractivity contribution in [3.8, 4) is 0 Å². The number of piperidine rings is 1. The number of likely N-dealkylation sites (tertiary alicyclic amines) is 1. The summed E-state index contributed by atoms with van der Waals surface area (Å²) in [7, 11) is 0. The Hall–Kier alpha value is -0.0800. The zero-order valence-corrected chi connectivity index (χ0v) is 14.5. The van der Waals surface area contributed by atoms with Crippen LogP contribution in [0.15, 0.2) is 0 Å². The lowest BCUT2D eigenvalue weighted by molar-refractivity contribution is 0.127. The summed E-state index contributed by atoms with van der Waals surface area (Å²) < 4.78 is 0. The van der Waals surface area contributed by atoms with Crippen molar-refractivity contribution >= 4 is 0 Å². The third-order valence-corrected chi connectivity index (χ3v) is 5.11. The average molecular weight is 283 g/mol. The third-order valence-electron chi connectivity index (χ3n) is 5.11. The SMILES string of the molecule is CCCC1CCCCN1CCCC(CCN)C(C)(C)C. The first-order valence-corrected chi connectivity index (χ1v) is 8.93. The Morgan fingerprint density at radius 3 is 2.55 bits per heavy atom. The zero-order chi connectivity index (χ0) is 15.0. The van der Waals surface area contributed by atoms with Gasteiger partial charge in [0.15, 0.2) is 0 Å². The van der Waals surface area contributed by atoms with Gasteiger partial charge in [-0.1, -0.05) is 40.5 Å². The molecule has 20 heavy (non-hydrogen) atoms. The topological polar surface area (TPSA) is 29.3 Å². The molecule has 0 spiro atoms. The molecular weight excluding hydrogens is 244 g/mol. The highest BCUT2D eigenvalue weighted by Crippen LogP contribution is 2.32.